The number of likely N-dealkylation sites (tertiary alicyclic amines) is 1. The van der Waals surface area contributed by atoms with E-state index in [4.69, 9.17) is 33.4 Å². The molecule has 0 bridgehead atoms. The average molecular weight is 618 g/mol. The summed E-state index contributed by atoms with van der Waals surface area (Å²) in [6, 6.07) is 11.5. The molecule has 1 fully saturated rings. The topological polar surface area (TPSA) is 111 Å². The van der Waals surface area contributed by atoms with Crippen molar-refractivity contribution < 1.29 is 10.2 Å². The van der Waals surface area contributed by atoms with E-state index in [1.165, 1.54) is 0 Å². The number of aliphatic hydroxyl groups excluding tert-OH is 2. The number of rotatable bonds is 8. The minimum absolute atomic E-state index is 0.0954. The summed E-state index contributed by atoms with van der Waals surface area (Å²) in [7, 11) is 0. The molecule has 4 N–H and O–H groups in total. The maximum absolute atomic E-state index is 12.6. The van der Waals surface area contributed by atoms with E-state index >= 15 is 0 Å². The van der Waals surface area contributed by atoms with Gasteiger partial charge < -0.3 is 20.1 Å². The Hall–Kier alpha value is -2.66. The Morgan fingerprint density at radius 2 is 1.79 bits per heavy atom. The largest absolute Gasteiger partial charge is 0.390 e. The standard InChI is InChI=1S/C27H31Cl2N5O2.C4H11NO/c1-16-12-19(4-6-23(16)29)26-17(2)18(3)33(31-26)15-22(35)14-32-10-8-21(9-11-32)34-25-13-20(28)5-7-24(25)30-27(34)36;1-3-5-4(2)6/h4-7,12-13,21-22,35H,8-11,14-15H2,1-3H3,(H,30,36);4-6H,3H2,1-2H3. The number of β-amino-alcohol motifs (C(OH)–C–C–N with tert-alkyl or cyclic N) is 1. The first-order chi connectivity index (χ1) is 20.0. The Kier molecular flexibility index (Phi) is 10.9. The highest BCUT2D eigenvalue weighted by Crippen LogP contribution is 2.29. The van der Waals surface area contributed by atoms with Gasteiger partial charge in [0.05, 0.1) is 29.4 Å². The summed E-state index contributed by atoms with van der Waals surface area (Å²) in [5.74, 6) is 0. The number of aliphatic hydroxyl groups is 2. The van der Waals surface area contributed by atoms with Crippen molar-refractivity contribution in [2.45, 2.75) is 72.4 Å². The third-order valence-corrected chi connectivity index (χ3v) is 8.55. The third-order valence-electron chi connectivity index (χ3n) is 7.89. The van der Waals surface area contributed by atoms with Crippen LogP contribution < -0.4 is 11.0 Å². The Morgan fingerprint density at radius 1 is 1.07 bits per heavy atom. The van der Waals surface area contributed by atoms with Gasteiger partial charge in [0.1, 0.15) is 6.23 Å². The molecule has 2 atom stereocenters. The molecule has 1 aliphatic heterocycles. The van der Waals surface area contributed by atoms with Gasteiger partial charge in [-0.15, -0.1) is 0 Å². The number of benzene rings is 2. The van der Waals surface area contributed by atoms with Crippen LogP contribution in [0.5, 0.6) is 0 Å². The molecule has 2 aromatic carbocycles. The molecule has 0 saturated carbocycles. The zero-order chi connectivity index (χ0) is 30.6. The van der Waals surface area contributed by atoms with Gasteiger partial charge in [-0.3, -0.25) is 14.6 Å². The molecule has 2 aromatic heterocycles. The van der Waals surface area contributed by atoms with E-state index in [-0.39, 0.29) is 18.0 Å². The van der Waals surface area contributed by atoms with Crippen LogP contribution in [0, 0.1) is 20.8 Å². The van der Waals surface area contributed by atoms with Crippen LogP contribution in [0.2, 0.25) is 10.0 Å². The van der Waals surface area contributed by atoms with E-state index in [0.29, 0.717) is 18.1 Å². The average Bonchev–Trinajstić information content (AvgIpc) is 3.41. The number of nitrogens with one attached hydrogen (secondary N) is 2. The van der Waals surface area contributed by atoms with Crippen LogP contribution >= 0.6 is 23.2 Å². The second-order valence-corrected chi connectivity index (χ2v) is 11.9. The number of fused-ring (bicyclic) bond motifs is 1. The summed E-state index contributed by atoms with van der Waals surface area (Å²) in [4.78, 5) is 17.8. The van der Waals surface area contributed by atoms with Crippen LogP contribution in [-0.4, -0.2) is 73.0 Å². The van der Waals surface area contributed by atoms with Gasteiger partial charge in [0.2, 0.25) is 0 Å². The van der Waals surface area contributed by atoms with Crippen molar-refractivity contribution in [3.8, 4) is 11.3 Å². The summed E-state index contributed by atoms with van der Waals surface area (Å²) in [5, 5.41) is 28.3. The van der Waals surface area contributed by atoms with Gasteiger partial charge in [-0.05, 0) is 88.5 Å². The highest BCUT2D eigenvalue weighted by molar-refractivity contribution is 6.31. The van der Waals surface area contributed by atoms with Gasteiger partial charge in [-0.1, -0.05) is 36.2 Å². The van der Waals surface area contributed by atoms with Crippen LogP contribution in [0.25, 0.3) is 22.3 Å². The normalized spacial score (nSPS) is 15.9. The fourth-order valence-electron chi connectivity index (χ4n) is 5.55. The van der Waals surface area contributed by atoms with Gasteiger partial charge >= 0.3 is 5.69 Å². The fourth-order valence-corrected chi connectivity index (χ4v) is 5.83. The van der Waals surface area contributed by atoms with Crippen LogP contribution in [0.3, 0.4) is 0 Å². The smallest absolute Gasteiger partial charge is 0.326 e. The molecule has 0 aliphatic carbocycles. The van der Waals surface area contributed by atoms with Gasteiger partial charge in [0.15, 0.2) is 0 Å². The molecule has 0 radical (unpaired) electrons. The second-order valence-electron chi connectivity index (χ2n) is 11.1. The van der Waals surface area contributed by atoms with Crippen molar-refractivity contribution in [1.29, 1.82) is 0 Å². The SMILES string of the molecule is CCNC(C)O.Cc1cc(-c2nn(CC(O)CN3CCC(n4c(=O)[nH]c5ccc(Cl)cc54)CC3)c(C)c2C)ccc1Cl. The number of imidazole rings is 1. The van der Waals surface area contributed by atoms with Crippen molar-refractivity contribution in [3.63, 3.8) is 0 Å². The number of piperidine rings is 1. The minimum Gasteiger partial charge on any atom is -0.390 e. The lowest BCUT2D eigenvalue weighted by Crippen LogP contribution is -2.41. The summed E-state index contributed by atoms with van der Waals surface area (Å²) in [6.45, 7) is 13.2. The molecule has 1 aliphatic rings. The summed E-state index contributed by atoms with van der Waals surface area (Å²) >= 11 is 12.4. The van der Waals surface area contributed by atoms with Crippen LogP contribution in [0.4, 0.5) is 0 Å². The van der Waals surface area contributed by atoms with Gasteiger partial charge in [0, 0.05) is 47.0 Å². The van der Waals surface area contributed by atoms with Gasteiger partial charge in [0.25, 0.3) is 0 Å². The molecular formula is C31H42Cl2N6O3. The number of nitrogens with zero attached hydrogens (tertiary/aromatic N) is 4. The molecule has 11 heteroatoms. The predicted octanol–water partition coefficient (Wildman–Crippen LogP) is 5.06. The first-order valence-corrected chi connectivity index (χ1v) is 15.3. The van der Waals surface area contributed by atoms with Crippen LogP contribution in [-0.2, 0) is 6.54 Å². The van der Waals surface area contributed by atoms with E-state index in [9.17, 15) is 9.90 Å². The molecule has 0 spiro atoms. The Balaban J connectivity index is 0.000000612. The van der Waals surface area contributed by atoms with E-state index in [2.05, 4.69) is 28.2 Å². The summed E-state index contributed by atoms with van der Waals surface area (Å²) < 4.78 is 3.74. The fraction of sp³-hybridized carbons (Fsp3) is 0.484. The number of aromatic amines is 1. The number of hydrogen-bond acceptors (Lipinski definition) is 6. The Morgan fingerprint density at radius 3 is 2.40 bits per heavy atom. The number of aromatic nitrogens is 4. The highest BCUT2D eigenvalue weighted by Gasteiger charge is 2.25. The Bertz CT molecular complexity index is 1550. The van der Waals surface area contributed by atoms with Crippen molar-refractivity contribution in [2.24, 2.45) is 0 Å². The molecule has 3 heterocycles. The molecule has 1 saturated heterocycles. The van der Waals surface area contributed by atoms with Gasteiger partial charge in [-0.25, -0.2) is 4.79 Å². The first kappa shape index (κ1) is 32.3. The molecule has 5 rings (SSSR count). The van der Waals surface area contributed by atoms with E-state index in [1.807, 2.05) is 54.3 Å². The molecule has 9 nitrogen and oxygen atoms in total. The lowest BCUT2D eigenvalue weighted by Gasteiger charge is -2.33. The Labute approximate surface area is 257 Å². The maximum atomic E-state index is 12.6. The molecule has 2 unspecified atom stereocenters. The lowest BCUT2D eigenvalue weighted by atomic mass is 10.0. The van der Waals surface area contributed by atoms with Crippen LogP contribution in [0.15, 0.2) is 41.2 Å². The van der Waals surface area contributed by atoms with E-state index < -0.39 is 6.10 Å². The molecule has 0 amide bonds. The number of aryl methyl sites for hydroxylation is 1. The molecule has 42 heavy (non-hydrogen) atoms. The molecular weight excluding hydrogens is 575 g/mol. The van der Waals surface area contributed by atoms with Crippen molar-refractivity contribution >= 4 is 34.2 Å². The van der Waals surface area contributed by atoms with Gasteiger partial charge in [-0.2, -0.15) is 5.10 Å². The monoisotopic (exact) mass is 616 g/mol. The quantitative estimate of drug-likeness (QED) is 0.206. The van der Waals surface area contributed by atoms with Crippen molar-refractivity contribution in [2.75, 3.05) is 26.2 Å². The third kappa shape index (κ3) is 7.64. The lowest BCUT2D eigenvalue weighted by molar-refractivity contribution is 0.0766. The second kappa shape index (κ2) is 14.2. The van der Waals surface area contributed by atoms with E-state index in [1.54, 1.807) is 13.0 Å². The maximum Gasteiger partial charge on any atom is 0.326 e. The molecule has 228 valence electrons. The minimum atomic E-state index is -0.547. The zero-order valence-corrected chi connectivity index (χ0v) is 26.5. The predicted molar refractivity (Wildman–Crippen MR) is 171 cm³/mol. The molecule has 4 aromatic rings. The number of hydrogen-bond donors (Lipinski definition) is 4. The van der Waals surface area contributed by atoms with E-state index in [0.717, 1.165) is 76.6 Å². The first-order valence-electron chi connectivity index (χ1n) is 14.5. The highest BCUT2D eigenvalue weighted by atomic mass is 35.5. The van der Waals surface area contributed by atoms with Crippen LogP contribution in [0.1, 0.15) is 49.6 Å². The summed E-state index contributed by atoms with van der Waals surface area (Å²) in [5.41, 5.74) is 6.68. The summed E-state index contributed by atoms with van der Waals surface area (Å²) in [6.07, 6.45) is 0.780. The number of halogens is 2. The zero-order valence-electron chi connectivity index (χ0n) is 25.0. The van der Waals surface area contributed by atoms with Crippen molar-refractivity contribution in [1.82, 2.24) is 29.5 Å². The van der Waals surface area contributed by atoms with Crippen molar-refractivity contribution in [3.05, 3.63) is 73.7 Å². The number of H-pyrrole nitrogens is 1.